The summed E-state index contributed by atoms with van der Waals surface area (Å²) in [6.07, 6.45) is 0.562. The molecule has 0 spiro atoms. The molecule has 4 heteroatoms. The van der Waals surface area contributed by atoms with Gasteiger partial charge in [0.2, 0.25) is 5.91 Å². The first-order chi connectivity index (χ1) is 9.22. The third kappa shape index (κ3) is 3.47. The maximum atomic E-state index is 12.1. The Morgan fingerprint density at radius 3 is 3.05 bits per heavy atom. The molecule has 0 aromatic heterocycles. The van der Waals surface area contributed by atoms with Crippen LogP contribution in [0.2, 0.25) is 0 Å². The Labute approximate surface area is 114 Å². The third-order valence-corrected chi connectivity index (χ3v) is 3.56. The maximum absolute atomic E-state index is 12.1. The molecule has 0 saturated heterocycles. The van der Waals surface area contributed by atoms with E-state index in [0.29, 0.717) is 32.1 Å². The number of nitrogens with zero attached hydrogens (tertiary/aromatic N) is 1. The fraction of sp³-hybridized carbons (Fsp3) is 0.533. The molecular formula is C15H22N2O2. The predicted octanol–water partition coefficient (Wildman–Crippen LogP) is 2.08. The summed E-state index contributed by atoms with van der Waals surface area (Å²) in [6.45, 7) is 4.78. The highest BCUT2D eigenvalue weighted by molar-refractivity contribution is 5.78. The van der Waals surface area contributed by atoms with E-state index in [1.807, 2.05) is 26.1 Å². The summed E-state index contributed by atoms with van der Waals surface area (Å²) in [5, 5.41) is 3.35. The number of amides is 1. The minimum atomic E-state index is 0.184. The Morgan fingerprint density at radius 1 is 1.47 bits per heavy atom. The van der Waals surface area contributed by atoms with Crippen molar-refractivity contribution in [3.8, 4) is 0 Å². The largest absolute Gasteiger partial charge is 0.384 e. The molecule has 1 aliphatic rings. The Kier molecular flexibility index (Phi) is 4.80. The molecule has 1 aromatic carbocycles. The Hall–Kier alpha value is -1.55. The van der Waals surface area contributed by atoms with E-state index in [-0.39, 0.29) is 5.91 Å². The van der Waals surface area contributed by atoms with Gasteiger partial charge < -0.3 is 15.0 Å². The van der Waals surface area contributed by atoms with Crippen molar-refractivity contribution >= 4 is 11.6 Å². The Morgan fingerprint density at radius 2 is 2.26 bits per heavy atom. The molecule has 1 atom stereocenters. The number of para-hydroxylation sites is 1. The highest BCUT2D eigenvalue weighted by Crippen LogP contribution is 2.33. The quantitative estimate of drug-likeness (QED) is 0.798. The van der Waals surface area contributed by atoms with Crippen LogP contribution in [0.15, 0.2) is 24.3 Å². The second-order valence-corrected chi connectivity index (χ2v) is 4.88. The molecule has 104 valence electrons. The van der Waals surface area contributed by atoms with Gasteiger partial charge in [-0.15, -0.1) is 0 Å². The minimum Gasteiger partial charge on any atom is -0.384 e. The zero-order chi connectivity index (χ0) is 13.7. The van der Waals surface area contributed by atoms with Crippen molar-refractivity contribution in [3.05, 3.63) is 29.8 Å². The number of rotatable bonds is 6. The molecule has 1 unspecified atom stereocenters. The molecule has 2 rings (SSSR count). The zero-order valence-corrected chi connectivity index (χ0v) is 11.7. The monoisotopic (exact) mass is 262 g/mol. The summed E-state index contributed by atoms with van der Waals surface area (Å²) in [7, 11) is 1.84. The van der Waals surface area contributed by atoms with Crippen LogP contribution >= 0.6 is 0 Å². The van der Waals surface area contributed by atoms with Crippen molar-refractivity contribution in [2.45, 2.75) is 19.3 Å². The average molecular weight is 262 g/mol. The van der Waals surface area contributed by atoms with E-state index in [0.717, 1.165) is 12.2 Å². The second kappa shape index (κ2) is 6.57. The van der Waals surface area contributed by atoms with Crippen molar-refractivity contribution in [3.63, 3.8) is 0 Å². The van der Waals surface area contributed by atoms with Gasteiger partial charge in [0, 0.05) is 44.8 Å². The van der Waals surface area contributed by atoms with Crippen LogP contribution in [0.25, 0.3) is 0 Å². The molecule has 1 heterocycles. The fourth-order valence-corrected chi connectivity index (χ4v) is 2.38. The number of anilines is 1. The molecule has 0 radical (unpaired) electrons. The van der Waals surface area contributed by atoms with Gasteiger partial charge in [0.15, 0.2) is 0 Å². The number of ether oxygens (including phenoxy) is 1. The molecule has 1 amide bonds. The van der Waals surface area contributed by atoms with Crippen molar-refractivity contribution < 1.29 is 9.53 Å². The lowest BCUT2D eigenvalue weighted by atomic mass is 9.97. The molecule has 1 N–H and O–H groups in total. The number of carbonyl (C=O) groups excluding carboxylic acids is 1. The van der Waals surface area contributed by atoms with Gasteiger partial charge in [0.05, 0.1) is 6.61 Å². The van der Waals surface area contributed by atoms with E-state index in [9.17, 15) is 4.79 Å². The molecule has 1 aliphatic heterocycles. The van der Waals surface area contributed by atoms with E-state index < -0.39 is 0 Å². The molecule has 0 aliphatic carbocycles. The van der Waals surface area contributed by atoms with Crippen LogP contribution in [0.3, 0.4) is 0 Å². The number of nitrogens with one attached hydrogen (secondary N) is 1. The summed E-state index contributed by atoms with van der Waals surface area (Å²) in [4.78, 5) is 13.9. The van der Waals surface area contributed by atoms with Crippen LogP contribution in [-0.2, 0) is 9.53 Å². The number of hydrogen-bond donors (Lipinski definition) is 1. The van der Waals surface area contributed by atoms with E-state index >= 15 is 0 Å². The zero-order valence-electron chi connectivity index (χ0n) is 11.7. The van der Waals surface area contributed by atoms with Crippen molar-refractivity contribution in [2.24, 2.45) is 0 Å². The first-order valence-corrected chi connectivity index (χ1v) is 6.87. The molecule has 0 saturated carbocycles. The molecule has 19 heavy (non-hydrogen) atoms. The Bertz CT molecular complexity index is 434. The van der Waals surface area contributed by atoms with Crippen LogP contribution in [-0.4, -0.2) is 44.2 Å². The van der Waals surface area contributed by atoms with E-state index in [1.54, 1.807) is 4.90 Å². The van der Waals surface area contributed by atoms with Gasteiger partial charge in [-0.1, -0.05) is 18.2 Å². The van der Waals surface area contributed by atoms with E-state index in [4.69, 9.17) is 4.74 Å². The molecule has 0 bridgehead atoms. The number of benzene rings is 1. The summed E-state index contributed by atoms with van der Waals surface area (Å²) < 4.78 is 5.27. The SMILES string of the molecule is CCOCCN(C)C(=O)CC1CNc2ccccc21. The van der Waals surface area contributed by atoms with E-state index in [2.05, 4.69) is 17.4 Å². The number of carbonyl (C=O) groups is 1. The summed E-state index contributed by atoms with van der Waals surface area (Å²) in [5.41, 5.74) is 2.42. The summed E-state index contributed by atoms with van der Waals surface area (Å²) in [5.74, 6) is 0.474. The third-order valence-electron chi connectivity index (χ3n) is 3.56. The van der Waals surface area contributed by atoms with Crippen molar-refractivity contribution in [1.29, 1.82) is 0 Å². The highest BCUT2D eigenvalue weighted by atomic mass is 16.5. The standard InChI is InChI=1S/C15H22N2O2/c1-3-19-9-8-17(2)15(18)10-12-11-16-14-7-5-4-6-13(12)14/h4-7,12,16H,3,8-11H2,1-2H3. The van der Waals surface area contributed by atoms with Gasteiger partial charge in [0.25, 0.3) is 0 Å². The first kappa shape index (κ1) is 13.9. The smallest absolute Gasteiger partial charge is 0.223 e. The van der Waals surface area contributed by atoms with Gasteiger partial charge in [-0.25, -0.2) is 0 Å². The van der Waals surface area contributed by atoms with Gasteiger partial charge in [0.1, 0.15) is 0 Å². The molecule has 1 aromatic rings. The topological polar surface area (TPSA) is 41.6 Å². The van der Waals surface area contributed by atoms with Crippen LogP contribution < -0.4 is 5.32 Å². The second-order valence-electron chi connectivity index (χ2n) is 4.88. The van der Waals surface area contributed by atoms with Crippen molar-refractivity contribution in [1.82, 2.24) is 4.90 Å². The predicted molar refractivity (Wildman–Crippen MR) is 76.4 cm³/mol. The van der Waals surface area contributed by atoms with Crippen LogP contribution in [0.1, 0.15) is 24.8 Å². The van der Waals surface area contributed by atoms with E-state index in [1.165, 1.54) is 5.56 Å². The van der Waals surface area contributed by atoms with Crippen LogP contribution in [0.5, 0.6) is 0 Å². The normalized spacial score (nSPS) is 16.8. The number of fused-ring (bicyclic) bond motifs is 1. The summed E-state index contributed by atoms with van der Waals surface area (Å²) >= 11 is 0. The van der Waals surface area contributed by atoms with Gasteiger partial charge >= 0.3 is 0 Å². The summed E-state index contributed by atoms with van der Waals surface area (Å²) in [6, 6.07) is 8.22. The van der Waals surface area contributed by atoms with Crippen molar-refractivity contribution in [2.75, 3.05) is 38.7 Å². The van der Waals surface area contributed by atoms with Crippen LogP contribution in [0, 0.1) is 0 Å². The lowest BCUT2D eigenvalue weighted by Gasteiger charge is -2.19. The van der Waals surface area contributed by atoms with Gasteiger partial charge in [-0.05, 0) is 18.6 Å². The Balaban J connectivity index is 1.86. The molecule has 4 nitrogen and oxygen atoms in total. The molecular weight excluding hydrogens is 240 g/mol. The maximum Gasteiger partial charge on any atom is 0.223 e. The lowest BCUT2D eigenvalue weighted by Crippen LogP contribution is -2.31. The lowest BCUT2D eigenvalue weighted by molar-refractivity contribution is -0.130. The van der Waals surface area contributed by atoms with Crippen LogP contribution in [0.4, 0.5) is 5.69 Å². The van der Waals surface area contributed by atoms with Gasteiger partial charge in [-0.2, -0.15) is 0 Å². The highest BCUT2D eigenvalue weighted by Gasteiger charge is 2.25. The first-order valence-electron chi connectivity index (χ1n) is 6.87. The van der Waals surface area contributed by atoms with Gasteiger partial charge in [-0.3, -0.25) is 4.79 Å². The molecule has 0 fully saturated rings. The fourth-order valence-electron chi connectivity index (χ4n) is 2.38. The number of hydrogen-bond acceptors (Lipinski definition) is 3. The minimum absolute atomic E-state index is 0.184. The number of likely N-dealkylation sites (N-methyl/N-ethyl adjacent to an activating group) is 1. The average Bonchev–Trinajstić information content (AvgIpc) is 2.82.